The minimum Gasteiger partial charge on any atom is -0.462 e. The Bertz CT molecular complexity index is 333. The van der Waals surface area contributed by atoms with E-state index in [4.69, 9.17) is 9.84 Å². The molecular formula is C12H16O3S. The van der Waals surface area contributed by atoms with E-state index in [9.17, 15) is 4.79 Å². The van der Waals surface area contributed by atoms with Crippen LogP contribution in [0.15, 0.2) is 29.2 Å². The van der Waals surface area contributed by atoms with E-state index in [2.05, 4.69) is 0 Å². The van der Waals surface area contributed by atoms with Gasteiger partial charge in [-0.15, -0.1) is 11.8 Å². The van der Waals surface area contributed by atoms with Crippen LogP contribution in [0.5, 0.6) is 0 Å². The Hall–Kier alpha value is -1.00. The highest BCUT2D eigenvalue weighted by Gasteiger charge is 2.06. The van der Waals surface area contributed by atoms with Gasteiger partial charge in [0.2, 0.25) is 0 Å². The topological polar surface area (TPSA) is 46.5 Å². The quantitative estimate of drug-likeness (QED) is 0.633. The van der Waals surface area contributed by atoms with Crippen molar-refractivity contribution in [3.05, 3.63) is 29.8 Å². The Morgan fingerprint density at radius 2 is 2.00 bits per heavy atom. The van der Waals surface area contributed by atoms with Gasteiger partial charge in [-0.25, -0.2) is 0 Å². The van der Waals surface area contributed by atoms with Crippen LogP contribution in [-0.4, -0.2) is 22.9 Å². The molecule has 1 aromatic rings. The molecule has 0 aromatic heterocycles. The molecule has 0 bridgehead atoms. The molecule has 3 nitrogen and oxygen atoms in total. The first-order valence-electron chi connectivity index (χ1n) is 5.14. The minimum atomic E-state index is -0.203. The first kappa shape index (κ1) is 13.1. The molecule has 1 rings (SSSR count). The van der Waals surface area contributed by atoms with Crippen molar-refractivity contribution in [2.24, 2.45) is 0 Å². The summed E-state index contributed by atoms with van der Waals surface area (Å²) in [7, 11) is 0. The zero-order valence-electron chi connectivity index (χ0n) is 9.47. The number of hydrogen-bond acceptors (Lipinski definition) is 4. The number of benzene rings is 1. The first-order valence-corrected chi connectivity index (χ1v) is 6.12. The maximum absolute atomic E-state index is 11.3. The van der Waals surface area contributed by atoms with Crippen molar-refractivity contribution in [2.75, 3.05) is 5.75 Å². The van der Waals surface area contributed by atoms with E-state index in [1.165, 1.54) is 11.8 Å². The minimum absolute atomic E-state index is 0.0420. The molecule has 0 saturated carbocycles. The van der Waals surface area contributed by atoms with Crippen molar-refractivity contribution in [3.8, 4) is 0 Å². The van der Waals surface area contributed by atoms with Gasteiger partial charge >= 0.3 is 5.97 Å². The zero-order valence-corrected chi connectivity index (χ0v) is 10.3. The summed E-state index contributed by atoms with van der Waals surface area (Å²) in [5.41, 5.74) is 0.870. The van der Waals surface area contributed by atoms with Crippen LogP contribution in [0.3, 0.4) is 0 Å². The lowest BCUT2D eigenvalue weighted by molar-refractivity contribution is -0.144. The van der Waals surface area contributed by atoms with E-state index >= 15 is 0 Å². The van der Waals surface area contributed by atoms with E-state index in [1.807, 2.05) is 38.1 Å². The molecule has 16 heavy (non-hydrogen) atoms. The number of carbonyl (C=O) groups is 1. The van der Waals surface area contributed by atoms with E-state index < -0.39 is 0 Å². The standard InChI is InChI=1S/C12H16O3S/c1-9(2)15-12(14)8-16-11-5-3-10(7-13)4-6-11/h3-6,9,13H,7-8H2,1-2H3. The molecule has 0 fully saturated rings. The molecule has 4 heteroatoms. The molecule has 0 unspecified atom stereocenters. The van der Waals surface area contributed by atoms with Gasteiger partial charge < -0.3 is 9.84 Å². The Morgan fingerprint density at radius 3 is 2.50 bits per heavy atom. The van der Waals surface area contributed by atoms with Crippen molar-refractivity contribution in [2.45, 2.75) is 31.5 Å². The molecule has 0 aliphatic heterocycles. The Kier molecular flexibility index (Phi) is 5.35. The van der Waals surface area contributed by atoms with Gasteiger partial charge in [-0.1, -0.05) is 12.1 Å². The molecule has 1 aromatic carbocycles. The summed E-state index contributed by atoms with van der Waals surface area (Å²) in [4.78, 5) is 12.3. The molecule has 0 radical (unpaired) electrons. The summed E-state index contributed by atoms with van der Waals surface area (Å²) in [6.07, 6.45) is -0.0649. The van der Waals surface area contributed by atoms with Gasteiger partial charge in [0.1, 0.15) is 0 Å². The van der Waals surface area contributed by atoms with E-state index in [1.54, 1.807) is 0 Å². The van der Waals surface area contributed by atoms with Crippen LogP contribution in [0.1, 0.15) is 19.4 Å². The van der Waals surface area contributed by atoms with Crippen LogP contribution in [-0.2, 0) is 16.1 Å². The van der Waals surface area contributed by atoms with E-state index in [-0.39, 0.29) is 18.7 Å². The number of aliphatic hydroxyl groups excluding tert-OH is 1. The van der Waals surface area contributed by atoms with Gasteiger partial charge in [-0.2, -0.15) is 0 Å². The maximum atomic E-state index is 11.3. The average molecular weight is 240 g/mol. The summed E-state index contributed by atoms with van der Waals surface area (Å²) >= 11 is 1.43. The highest BCUT2D eigenvalue weighted by atomic mass is 32.2. The molecule has 0 aliphatic carbocycles. The SMILES string of the molecule is CC(C)OC(=O)CSc1ccc(CO)cc1. The van der Waals surface area contributed by atoms with Crippen LogP contribution < -0.4 is 0 Å². The molecule has 88 valence electrons. The molecule has 1 N–H and O–H groups in total. The second-order valence-electron chi connectivity index (χ2n) is 3.63. The summed E-state index contributed by atoms with van der Waals surface area (Å²) in [5, 5.41) is 8.86. The van der Waals surface area contributed by atoms with Crippen molar-refractivity contribution in [1.82, 2.24) is 0 Å². The fourth-order valence-electron chi connectivity index (χ4n) is 1.13. The monoisotopic (exact) mass is 240 g/mol. The second-order valence-corrected chi connectivity index (χ2v) is 4.68. The predicted octanol–water partition coefficient (Wildman–Crippen LogP) is 2.22. The third-order valence-electron chi connectivity index (χ3n) is 1.83. The number of esters is 1. The predicted molar refractivity (Wildman–Crippen MR) is 64.3 cm³/mol. The lowest BCUT2D eigenvalue weighted by Gasteiger charge is -2.07. The molecule has 0 spiro atoms. The van der Waals surface area contributed by atoms with E-state index in [0.29, 0.717) is 5.75 Å². The molecule has 0 saturated heterocycles. The zero-order chi connectivity index (χ0) is 12.0. The van der Waals surface area contributed by atoms with Gasteiger partial charge in [0.05, 0.1) is 18.5 Å². The number of carbonyl (C=O) groups excluding carboxylic acids is 1. The Balaban J connectivity index is 2.39. The fourth-order valence-corrected chi connectivity index (χ4v) is 1.81. The molecular weight excluding hydrogens is 224 g/mol. The smallest absolute Gasteiger partial charge is 0.316 e. The van der Waals surface area contributed by atoms with Gasteiger partial charge in [-0.3, -0.25) is 4.79 Å². The van der Waals surface area contributed by atoms with Crippen LogP contribution >= 0.6 is 11.8 Å². The fraction of sp³-hybridized carbons (Fsp3) is 0.417. The van der Waals surface area contributed by atoms with Gasteiger partial charge in [-0.05, 0) is 31.5 Å². The van der Waals surface area contributed by atoms with Gasteiger partial charge in [0.25, 0.3) is 0 Å². The van der Waals surface area contributed by atoms with Crippen molar-refractivity contribution in [3.63, 3.8) is 0 Å². The highest BCUT2D eigenvalue weighted by Crippen LogP contribution is 2.18. The van der Waals surface area contributed by atoms with Gasteiger partial charge in [0.15, 0.2) is 0 Å². The van der Waals surface area contributed by atoms with Crippen molar-refractivity contribution < 1.29 is 14.6 Å². The Labute approximate surface area is 99.8 Å². The third kappa shape index (κ3) is 4.68. The summed E-state index contributed by atoms with van der Waals surface area (Å²) < 4.78 is 5.02. The van der Waals surface area contributed by atoms with Crippen molar-refractivity contribution >= 4 is 17.7 Å². The number of aliphatic hydroxyl groups is 1. The highest BCUT2D eigenvalue weighted by molar-refractivity contribution is 8.00. The number of ether oxygens (including phenoxy) is 1. The largest absolute Gasteiger partial charge is 0.462 e. The average Bonchev–Trinajstić information content (AvgIpc) is 2.26. The van der Waals surface area contributed by atoms with Crippen LogP contribution in [0.4, 0.5) is 0 Å². The molecule has 0 atom stereocenters. The van der Waals surface area contributed by atoms with Crippen LogP contribution in [0, 0.1) is 0 Å². The third-order valence-corrected chi connectivity index (χ3v) is 2.82. The second kappa shape index (κ2) is 6.55. The first-order chi connectivity index (χ1) is 7.61. The van der Waals surface area contributed by atoms with Gasteiger partial charge in [0, 0.05) is 4.90 Å². The van der Waals surface area contributed by atoms with Crippen LogP contribution in [0.2, 0.25) is 0 Å². The number of hydrogen-bond donors (Lipinski definition) is 1. The van der Waals surface area contributed by atoms with Crippen LogP contribution in [0.25, 0.3) is 0 Å². The lowest BCUT2D eigenvalue weighted by atomic mass is 10.2. The summed E-state index contributed by atoms with van der Waals surface area (Å²) in [5.74, 6) is 0.114. The number of thioether (sulfide) groups is 1. The van der Waals surface area contributed by atoms with Crippen molar-refractivity contribution in [1.29, 1.82) is 0 Å². The molecule has 0 amide bonds. The Morgan fingerprint density at radius 1 is 1.38 bits per heavy atom. The molecule has 0 heterocycles. The normalized spacial score (nSPS) is 10.5. The number of rotatable bonds is 5. The maximum Gasteiger partial charge on any atom is 0.316 e. The van der Waals surface area contributed by atoms with E-state index in [0.717, 1.165) is 10.5 Å². The summed E-state index contributed by atoms with van der Waals surface area (Å²) in [6, 6.07) is 7.46. The lowest BCUT2D eigenvalue weighted by Crippen LogP contribution is -2.13. The summed E-state index contributed by atoms with van der Waals surface area (Å²) in [6.45, 7) is 3.71. The molecule has 0 aliphatic rings.